The lowest BCUT2D eigenvalue weighted by molar-refractivity contribution is 0.0864. The number of nitrogens with zero attached hydrogens (tertiary/aromatic N) is 1. The predicted molar refractivity (Wildman–Crippen MR) is 72.7 cm³/mol. The molecule has 0 fully saturated rings. The average molecular weight is 319 g/mol. The number of aromatic nitrogens is 1. The van der Waals surface area contributed by atoms with E-state index in [2.05, 4.69) is 21.2 Å². The molecule has 0 atom stereocenters. The molecule has 0 saturated heterocycles. The Bertz CT molecular complexity index is 379. The summed E-state index contributed by atoms with van der Waals surface area (Å²) in [5.74, 6) is -0.0790. The van der Waals surface area contributed by atoms with Gasteiger partial charge in [0.1, 0.15) is 5.69 Å². The maximum atomic E-state index is 11.9. The summed E-state index contributed by atoms with van der Waals surface area (Å²) in [7, 11) is 0. The second-order valence-corrected chi connectivity index (χ2v) is 4.69. The van der Waals surface area contributed by atoms with Gasteiger partial charge >= 0.3 is 0 Å². The Morgan fingerprint density at radius 3 is 3.00 bits per heavy atom. The number of nitrogens with one attached hydrogen (secondary N) is 1. The standard InChI is InChI=1S/C12H19BrN2O3/c1-2-15-9-10(13)8-11(15)12(17)14-4-3-6-18-7-5-16/h8-9,16H,2-7H2,1H3,(H,14,17). The molecule has 1 amide bonds. The van der Waals surface area contributed by atoms with Crippen molar-refractivity contribution in [3.8, 4) is 0 Å². The largest absolute Gasteiger partial charge is 0.394 e. The van der Waals surface area contributed by atoms with Crippen molar-refractivity contribution in [2.45, 2.75) is 19.9 Å². The van der Waals surface area contributed by atoms with Crippen LogP contribution in [0.1, 0.15) is 23.8 Å². The first kappa shape index (κ1) is 15.2. The normalized spacial score (nSPS) is 10.6. The molecule has 5 nitrogen and oxygen atoms in total. The van der Waals surface area contributed by atoms with E-state index in [1.165, 1.54) is 0 Å². The Morgan fingerprint density at radius 1 is 1.56 bits per heavy atom. The maximum Gasteiger partial charge on any atom is 0.267 e. The first-order chi connectivity index (χ1) is 8.69. The number of aryl methyl sites for hydroxylation is 1. The van der Waals surface area contributed by atoms with Crippen molar-refractivity contribution in [2.24, 2.45) is 0 Å². The lowest BCUT2D eigenvalue weighted by Crippen LogP contribution is -2.27. The Balaban J connectivity index is 2.32. The van der Waals surface area contributed by atoms with Crippen molar-refractivity contribution >= 4 is 21.8 Å². The van der Waals surface area contributed by atoms with Crippen molar-refractivity contribution < 1.29 is 14.6 Å². The van der Waals surface area contributed by atoms with Crippen LogP contribution in [0.5, 0.6) is 0 Å². The summed E-state index contributed by atoms with van der Waals surface area (Å²) in [6.45, 7) is 4.24. The lowest BCUT2D eigenvalue weighted by atomic mass is 10.3. The third-order valence-electron chi connectivity index (χ3n) is 2.42. The first-order valence-corrected chi connectivity index (χ1v) is 6.80. The van der Waals surface area contributed by atoms with Crippen LogP contribution in [0.2, 0.25) is 0 Å². The zero-order chi connectivity index (χ0) is 13.4. The topological polar surface area (TPSA) is 63.5 Å². The second kappa shape index (κ2) is 8.29. The fraction of sp³-hybridized carbons (Fsp3) is 0.583. The minimum atomic E-state index is -0.0790. The van der Waals surface area contributed by atoms with Crippen LogP contribution in [-0.2, 0) is 11.3 Å². The summed E-state index contributed by atoms with van der Waals surface area (Å²) in [4.78, 5) is 11.9. The van der Waals surface area contributed by atoms with Crippen molar-refractivity contribution in [1.82, 2.24) is 9.88 Å². The molecule has 0 radical (unpaired) electrons. The van der Waals surface area contributed by atoms with E-state index in [9.17, 15) is 4.79 Å². The van der Waals surface area contributed by atoms with Gasteiger partial charge in [-0.15, -0.1) is 0 Å². The highest BCUT2D eigenvalue weighted by Crippen LogP contribution is 2.14. The van der Waals surface area contributed by atoms with E-state index < -0.39 is 0 Å². The van der Waals surface area contributed by atoms with Gasteiger partial charge in [-0.2, -0.15) is 0 Å². The van der Waals surface area contributed by atoms with Crippen LogP contribution in [-0.4, -0.2) is 41.9 Å². The Morgan fingerprint density at radius 2 is 2.33 bits per heavy atom. The number of amides is 1. The number of ether oxygens (including phenoxy) is 1. The Kier molecular flexibility index (Phi) is 7.00. The third kappa shape index (κ3) is 4.80. The summed E-state index contributed by atoms with van der Waals surface area (Å²) >= 11 is 3.36. The Labute approximate surface area is 115 Å². The number of aliphatic hydroxyl groups excluding tert-OH is 1. The summed E-state index contributed by atoms with van der Waals surface area (Å²) in [6.07, 6.45) is 2.62. The van der Waals surface area contributed by atoms with Crippen molar-refractivity contribution in [2.75, 3.05) is 26.4 Å². The summed E-state index contributed by atoms with van der Waals surface area (Å²) < 4.78 is 7.90. The quantitative estimate of drug-likeness (QED) is 0.712. The zero-order valence-corrected chi connectivity index (χ0v) is 12.1. The molecular weight excluding hydrogens is 300 g/mol. The number of rotatable bonds is 8. The van der Waals surface area contributed by atoms with Crippen LogP contribution in [0.4, 0.5) is 0 Å². The van der Waals surface area contributed by atoms with Gasteiger partial charge in [-0.1, -0.05) is 0 Å². The Hall–Kier alpha value is -0.850. The first-order valence-electron chi connectivity index (χ1n) is 6.01. The highest BCUT2D eigenvalue weighted by molar-refractivity contribution is 9.10. The number of aliphatic hydroxyl groups is 1. The molecule has 1 rings (SSSR count). The fourth-order valence-electron chi connectivity index (χ4n) is 1.56. The SMILES string of the molecule is CCn1cc(Br)cc1C(=O)NCCCOCCO. The molecular formula is C12H19BrN2O3. The van der Waals surface area contributed by atoms with Gasteiger partial charge in [0, 0.05) is 30.4 Å². The van der Waals surface area contributed by atoms with E-state index in [4.69, 9.17) is 9.84 Å². The number of hydrogen-bond donors (Lipinski definition) is 2. The molecule has 1 heterocycles. The van der Waals surface area contributed by atoms with Crippen LogP contribution in [0.15, 0.2) is 16.7 Å². The number of hydrogen-bond acceptors (Lipinski definition) is 3. The van der Waals surface area contributed by atoms with Crippen LogP contribution in [0, 0.1) is 0 Å². The van der Waals surface area contributed by atoms with Gasteiger partial charge in [-0.05, 0) is 35.3 Å². The van der Waals surface area contributed by atoms with Gasteiger partial charge in [0.15, 0.2) is 0 Å². The molecule has 2 N–H and O–H groups in total. The highest BCUT2D eigenvalue weighted by Gasteiger charge is 2.11. The van der Waals surface area contributed by atoms with Gasteiger partial charge in [0.25, 0.3) is 5.91 Å². The van der Waals surface area contributed by atoms with Gasteiger partial charge in [0.2, 0.25) is 0 Å². The van der Waals surface area contributed by atoms with Crippen molar-refractivity contribution in [3.05, 3.63) is 22.4 Å². The molecule has 0 aliphatic heterocycles. The lowest BCUT2D eigenvalue weighted by Gasteiger charge is -2.07. The van der Waals surface area contributed by atoms with Crippen molar-refractivity contribution in [1.29, 1.82) is 0 Å². The van der Waals surface area contributed by atoms with E-state index in [0.717, 1.165) is 17.4 Å². The minimum Gasteiger partial charge on any atom is -0.394 e. The molecule has 0 saturated carbocycles. The van der Waals surface area contributed by atoms with Gasteiger partial charge in [0.05, 0.1) is 13.2 Å². The molecule has 0 bridgehead atoms. The van der Waals surface area contributed by atoms with E-state index in [1.54, 1.807) is 6.07 Å². The van der Waals surface area contributed by atoms with E-state index in [0.29, 0.717) is 25.5 Å². The maximum absolute atomic E-state index is 11.9. The summed E-state index contributed by atoms with van der Waals surface area (Å²) in [5.41, 5.74) is 0.653. The molecule has 0 unspecified atom stereocenters. The van der Waals surface area contributed by atoms with Crippen LogP contribution < -0.4 is 5.32 Å². The number of halogens is 1. The van der Waals surface area contributed by atoms with E-state index >= 15 is 0 Å². The van der Waals surface area contributed by atoms with Crippen LogP contribution >= 0.6 is 15.9 Å². The number of carbonyl (C=O) groups is 1. The molecule has 1 aromatic rings. The third-order valence-corrected chi connectivity index (χ3v) is 2.86. The average Bonchev–Trinajstić information content (AvgIpc) is 2.74. The molecule has 1 aromatic heterocycles. The van der Waals surface area contributed by atoms with Crippen LogP contribution in [0.3, 0.4) is 0 Å². The number of carbonyl (C=O) groups excluding carboxylic acids is 1. The van der Waals surface area contributed by atoms with Crippen molar-refractivity contribution in [3.63, 3.8) is 0 Å². The zero-order valence-electron chi connectivity index (χ0n) is 10.5. The fourth-order valence-corrected chi connectivity index (χ4v) is 2.02. The molecule has 0 aromatic carbocycles. The summed E-state index contributed by atoms with van der Waals surface area (Å²) in [5, 5.41) is 11.4. The van der Waals surface area contributed by atoms with Crippen LogP contribution in [0.25, 0.3) is 0 Å². The molecule has 18 heavy (non-hydrogen) atoms. The van der Waals surface area contributed by atoms with Gasteiger partial charge in [-0.3, -0.25) is 4.79 Å². The van der Waals surface area contributed by atoms with E-state index in [1.807, 2.05) is 17.7 Å². The van der Waals surface area contributed by atoms with Gasteiger partial charge in [-0.25, -0.2) is 0 Å². The molecule has 0 aliphatic carbocycles. The molecule has 0 aliphatic rings. The summed E-state index contributed by atoms with van der Waals surface area (Å²) in [6, 6.07) is 1.81. The van der Waals surface area contributed by atoms with Gasteiger partial charge < -0.3 is 19.7 Å². The second-order valence-electron chi connectivity index (χ2n) is 3.78. The molecule has 0 spiro atoms. The smallest absolute Gasteiger partial charge is 0.267 e. The van der Waals surface area contributed by atoms with E-state index in [-0.39, 0.29) is 12.5 Å². The highest BCUT2D eigenvalue weighted by atomic mass is 79.9. The molecule has 6 heteroatoms. The monoisotopic (exact) mass is 318 g/mol. The molecule has 102 valence electrons. The predicted octanol–water partition coefficient (Wildman–Crippen LogP) is 1.40. The minimum absolute atomic E-state index is 0.0321.